The number of rotatable bonds is 6. The average Bonchev–Trinajstić information content (AvgIpc) is 3.03. The summed E-state index contributed by atoms with van der Waals surface area (Å²) in [6.45, 7) is 0.945. The van der Waals surface area contributed by atoms with Gasteiger partial charge in [-0.2, -0.15) is 0 Å². The molecule has 0 spiro atoms. The van der Waals surface area contributed by atoms with E-state index in [1.54, 1.807) is 11.1 Å². The molecule has 1 amide bonds. The molecule has 1 fully saturated rings. The Morgan fingerprint density at radius 3 is 2.72 bits per heavy atom. The molecule has 1 aromatic heterocycles. The van der Waals surface area contributed by atoms with Crippen LogP contribution in [0, 0.1) is 11.6 Å². The quantitative estimate of drug-likeness (QED) is 0.875. The first-order valence-electron chi connectivity index (χ1n) is 8.51. The zero-order valence-electron chi connectivity index (χ0n) is 13.9. The Hall–Kier alpha value is -2.50. The van der Waals surface area contributed by atoms with Gasteiger partial charge < -0.3 is 10.2 Å². The Morgan fingerprint density at radius 2 is 2.00 bits per heavy atom. The zero-order valence-corrected chi connectivity index (χ0v) is 13.9. The van der Waals surface area contributed by atoms with E-state index in [1.807, 2.05) is 18.2 Å². The highest BCUT2D eigenvalue weighted by Gasteiger charge is 2.27. The summed E-state index contributed by atoms with van der Waals surface area (Å²) in [5.41, 5.74) is 0.965. The van der Waals surface area contributed by atoms with Crippen LogP contribution in [-0.4, -0.2) is 30.0 Å². The highest BCUT2D eigenvalue weighted by Crippen LogP contribution is 2.26. The van der Waals surface area contributed by atoms with Crippen molar-refractivity contribution in [2.45, 2.75) is 31.7 Å². The first-order chi connectivity index (χ1) is 12.1. The van der Waals surface area contributed by atoms with Gasteiger partial charge in [0.15, 0.2) is 0 Å². The number of anilines is 1. The monoisotopic (exact) mass is 345 g/mol. The lowest BCUT2D eigenvalue weighted by Gasteiger charge is -2.20. The Morgan fingerprint density at radius 1 is 1.20 bits per heavy atom. The third-order valence-electron chi connectivity index (χ3n) is 4.37. The van der Waals surface area contributed by atoms with Gasteiger partial charge in [0.2, 0.25) is 5.91 Å². The molecule has 1 saturated heterocycles. The maximum atomic E-state index is 13.8. The molecule has 3 rings (SSSR count). The topological polar surface area (TPSA) is 45.2 Å². The van der Waals surface area contributed by atoms with Gasteiger partial charge in [0.1, 0.15) is 17.3 Å². The van der Waals surface area contributed by atoms with E-state index < -0.39 is 11.6 Å². The summed E-state index contributed by atoms with van der Waals surface area (Å²) >= 11 is 0. The van der Waals surface area contributed by atoms with Crippen LogP contribution in [0.1, 0.15) is 25.0 Å². The lowest BCUT2D eigenvalue weighted by Crippen LogP contribution is -2.37. The summed E-state index contributed by atoms with van der Waals surface area (Å²) in [6.07, 6.45) is 4.32. The van der Waals surface area contributed by atoms with Crippen molar-refractivity contribution in [2.75, 3.05) is 18.0 Å². The van der Waals surface area contributed by atoms with Crippen LogP contribution in [0.3, 0.4) is 0 Å². The normalized spacial score (nSPS) is 16.9. The number of hydrogen-bond donors (Lipinski definition) is 1. The molecule has 2 aromatic rings. The van der Waals surface area contributed by atoms with Crippen molar-refractivity contribution in [3.63, 3.8) is 0 Å². The van der Waals surface area contributed by atoms with E-state index >= 15 is 0 Å². The highest BCUT2D eigenvalue weighted by atomic mass is 19.1. The van der Waals surface area contributed by atoms with Crippen LogP contribution in [0.4, 0.5) is 14.5 Å². The van der Waals surface area contributed by atoms with Crippen LogP contribution in [0.15, 0.2) is 42.6 Å². The summed E-state index contributed by atoms with van der Waals surface area (Å²) in [6, 6.07) is 9.50. The van der Waals surface area contributed by atoms with Crippen molar-refractivity contribution in [1.29, 1.82) is 0 Å². The number of para-hydroxylation sites is 1. The third-order valence-corrected chi connectivity index (χ3v) is 4.37. The van der Waals surface area contributed by atoms with Crippen molar-refractivity contribution in [3.05, 3.63) is 59.9 Å². The number of benzene rings is 1. The Labute approximate surface area is 145 Å². The maximum Gasteiger partial charge on any atom is 0.220 e. The molecule has 1 unspecified atom stereocenters. The largest absolute Gasteiger partial charge is 0.365 e. The van der Waals surface area contributed by atoms with Gasteiger partial charge in [0.05, 0.1) is 0 Å². The SMILES string of the molecule is O=C(CCCc1ccccn1)NC1CCN(c2c(F)cccc2F)C1. The summed E-state index contributed by atoms with van der Waals surface area (Å²) in [5.74, 6) is -1.17. The van der Waals surface area contributed by atoms with E-state index in [2.05, 4.69) is 10.3 Å². The molecule has 2 heterocycles. The number of pyridine rings is 1. The van der Waals surface area contributed by atoms with Crippen LogP contribution in [0.25, 0.3) is 0 Å². The van der Waals surface area contributed by atoms with E-state index in [-0.39, 0.29) is 17.6 Å². The molecule has 132 valence electrons. The molecule has 1 aromatic carbocycles. The van der Waals surface area contributed by atoms with Gasteiger partial charge in [-0.1, -0.05) is 12.1 Å². The van der Waals surface area contributed by atoms with Gasteiger partial charge in [-0.15, -0.1) is 0 Å². The average molecular weight is 345 g/mol. The zero-order chi connectivity index (χ0) is 17.6. The Kier molecular flexibility index (Phi) is 5.58. The molecule has 4 nitrogen and oxygen atoms in total. The fraction of sp³-hybridized carbons (Fsp3) is 0.368. The van der Waals surface area contributed by atoms with Gasteiger partial charge in [0, 0.05) is 37.4 Å². The molecule has 1 atom stereocenters. The Bertz CT molecular complexity index is 704. The second-order valence-corrected chi connectivity index (χ2v) is 6.24. The van der Waals surface area contributed by atoms with Crippen LogP contribution in [0.2, 0.25) is 0 Å². The minimum atomic E-state index is -0.567. The number of aryl methyl sites for hydroxylation is 1. The van der Waals surface area contributed by atoms with Crippen molar-refractivity contribution in [1.82, 2.24) is 10.3 Å². The van der Waals surface area contributed by atoms with E-state index in [1.165, 1.54) is 18.2 Å². The molecular formula is C19H21F2N3O. The highest BCUT2D eigenvalue weighted by molar-refractivity contribution is 5.76. The standard InChI is InChI=1S/C19H21F2N3O/c20-16-7-4-8-17(21)19(16)24-12-10-15(13-24)23-18(25)9-3-6-14-5-1-2-11-22-14/h1-2,4-5,7-8,11,15H,3,6,9-10,12-13H2,(H,23,25). The minimum absolute atomic E-state index is 0.00518. The second kappa shape index (κ2) is 8.05. The molecule has 25 heavy (non-hydrogen) atoms. The minimum Gasteiger partial charge on any atom is -0.365 e. The predicted molar refractivity (Wildman–Crippen MR) is 92.3 cm³/mol. The van der Waals surface area contributed by atoms with Crippen LogP contribution in [0.5, 0.6) is 0 Å². The molecule has 0 radical (unpaired) electrons. The number of halogens is 2. The van der Waals surface area contributed by atoms with Crippen molar-refractivity contribution >= 4 is 11.6 Å². The lowest BCUT2D eigenvalue weighted by molar-refractivity contribution is -0.121. The lowest BCUT2D eigenvalue weighted by atomic mass is 10.1. The van der Waals surface area contributed by atoms with E-state index in [4.69, 9.17) is 0 Å². The second-order valence-electron chi connectivity index (χ2n) is 6.24. The number of carbonyl (C=O) groups is 1. The van der Waals surface area contributed by atoms with Crippen LogP contribution < -0.4 is 10.2 Å². The van der Waals surface area contributed by atoms with Gasteiger partial charge in [-0.05, 0) is 43.5 Å². The van der Waals surface area contributed by atoms with Gasteiger partial charge >= 0.3 is 0 Å². The molecular weight excluding hydrogens is 324 g/mol. The number of aromatic nitrogens is 1. The van der Waals surface area contributed by atoms with Crippen LogP contribution >= 0.6 is 0 Å². The summed E-state index contributed by atoms with van der Waals surface area (Å²) in [7, 11) is 0. The maximum absolute atomic E-state index is 13.8. The molecule has 0 bridgehead atoms. The number of nitrogens with zero attached hydrogens (tertiary/aromatic N) is 2. The molecule has 1 N–H and O–H groups in total. The van der Waals surface area contributed by atoms with Crippen LogP contribution in [-0.2, 0) is 11.2 Å². The Balaban J connectivity index is 1.46. The van der Waals surface area contributed by atoms with E-state index in [9.17, 15) is 13.6 Å². The van der Waals surface area contributed by atoms with Gasteiger partial charge in [-0.25, -0.2) is 8.78 Å². The van der Waals surface area contributed by atoms with Gasteiger partial charge in [-0.3, -0.25) is 9.78 Å². The fourth-order valence-corrected chi connectivity index (χ4v) is 3.15. The first kappa shape index (κ1) is 17.3. The van der Waals surface area contributed by atoms with Gasteiger partial charge in [0.25, 0.3) is 0 Å². The molecule has 1 aliphatic rings. The fourth-order valence-electron chi connectivity index (χ4n) is 3.15. The number of carbonyl (C=O) groups excluding carboxylic acids is 1. The van der Waals surface area contributed by atoms with Crippen molar-refractivity contribution < 1.29 is 13.6 Å². The first-order valence-corrected chi connectivity index (χ1v) is 8.51. The molecule has 0 saturated carbocycles. The van der Waals surface area contributed by atoms with Crippen molar-refractivity contribution in [3.8, 4) is 0 Å². The predicted octanol–water partition coefficient (Wildman–Crippen LogP) is 3.08. The number of hydrogen-bond acceptors (Lipinski definition) is 3. The molecule has 1 aliphatic heterocycles. The molecule has 0 aliphatic carbocycles. The number of nitrogens with one attached hydrogen (secondary N) is 1. The number of amides is 1. The third kappa shape index (κ3) is 4.53. The van der Waals surface area contributed by atoms with E-state index in [0.717, 1.165) is 18.5 Å². The summed E-state index contributed by atoms with van der Waals surface area (Å²) in [5, 5.41) is 2.96. The smallest absolute Gasteiger partial charge is 0.220 e. The summed E-state index contributed by atoms with van der Waals surface area (Å²) < 4.78 is 27.7. The summed E-state index contributed by atoms with van der Waals surface area (Å²) in [4.78, 5) is 18.0. The molecule has 6 heteroatoms. The van der Waals surface area contributed by atoms with Crippen molar-refractivity contribution in [2.24, 2.45) is 0 Å². The van der Waals surface area contributed by atoms with E-state index in [0.29, 0.717) is 25.9 Å².